The molecule has 0 aromatic carbocycles. The molecule has 3 N–H and O–H groups in total. The Morgan fingerprint density at radius 3 is 2.83 bits per heavy atom. The van der Waals surface area contributed by atoms with Gasteiger partial charge in [0.05, 0.1) is 6.61 Å². The Morgan fingerprint density at radius 1 is 1.67 bits per heavy atom. The average molecular weight is 174 g/mol. The van der Waals surface area contributed by atoms with Crippen molar-refractivity contribution < 1.29 is 9.53 Å². The summed E-state index contributed by atoms with van der Waals surface area (Å²) < 4.78 is 4.79. The lowest BCUT2D eigenvalue weighted by Crippen LogP contribution is -2.32. The van der Waals surface area contributed by atoms with Crippen LogP contribution in [0.2, 0.25) is 0 Å². The van der Waals surface area contributed by atoms with Crippen molar-refractivity contribution in [1.82, 2.24) is 5.32 Å². The molecule has 0 bridgehead atoms. The highest BCUT2D eigenvalue weighted by Gasteiger charge is 2.09. The lowest BCUT2D eigenvalue weighted by Gasteiger charge is -2.09. The van der Waals surface area contributed by atoms with Crippen LogP contribution in [0.25, 0.3) is 0 Å². The molecule has 0 aliphatic heterocycles. The normalized spacial score (nSPS) is 12.6. The zero-order valence-electron chi connectivity index (χ0n) is 7.80. The number of amides is 1. The van der Waals surface area contributed by atoms with Crippen molar-refractivity contribution in [1.29, 1.82) is 0 Å². The molecule has 0 spiro atoms. The van der Waals surface area contributed by atoms with Gasteiger partial charge in [-0.15, -0.1) is 0 Å². The highest BCUT2D eigenvalue weighted by molar-refractivity contribution is 5.78. The van der Waals surface area contributed by atoms with E-state index in [1.807, 2.05) is 6.92 Å². The summed E-state index contributed by atoms with van der Waals surface area (Å²) in [6.45, 7) is 3.55. The second kappa shape index (κ2) is 7.06. The number of ether oxygens (including phenoxy) is 1. The second-order valence-corrected chi connectivity index (χ2v) is 2.76. The van der Waals surface area contributed by atoms with Crippen LogP contribution >= 0.6 is 0 Å². The molecule has 0 rings (SSSR count). The number of nitrogens with two attached hydrogens (primary N) is 1. The molecule has 0 aromatic heterocycles. The van der Waals surface area contributed by atoms with E-state index in [1.54, 1.807) is 7.11 Å². The Hall–Kier alpha value is -0.610. The van der Waals surface area contributed by atoms with Crippen molar-refractivity contribution in [3.05, 3.63) is 0 Å². The van der Waals surface area contributed by atoms with E-state index in [9.17, 15) is 4.79 Å². The van der Waals surface area contributed by atoms with Crippen molar-refractivity contribution >= 4 is 5.91 Å². The topological polar surface area (TPSA) is 64.3 Å². The number of carbonyl (C=O) groups excluding carboxylic acids is 1. The largest absolute Gasteiger partial charge is 0.383 e. The summed E-state index contributed by atoms with van der Waals surface area (Å²) in [5.74, 6) is 0.0596. The van der Waals surface area contributed by atoms with E-state index in [0.29, 0.717) is 19.7 Å². The van der Waals surface area contributed by atoms with Gasteiger partial charge in [0.25, 0.3) is 0 Å². The van der Waals surface area contributed by atoms with Crippen molar-refractivity contribution in [2.45, 2.75) is 13.3 Å². The second-order valence-electron chi connectivity index (χ2n) is 2.76. The van der Waals surface area contributed by atoms with Crippen molar-refractivity contribution in [3.8, 4) is 0 Å². The number of hydrogen-bond acceptors (Lipinski definition) is 3. The smallest absolute Gasteiger partial charge is 0.222 e. The molecule has 0 aromatic rings. The third kappa shape index (κ3) is 5.09. The van der Waals surface area contributed by atoms with E-state index in [0.717, 1.165) is 6.42 Å². The van der Waals surface area contributed by atoms with Crippen molar-refractivity contribution in [2.24, 2.45) is 11.7 Å². The molecule has 0 fully saturated rings. The molecule has 0 saturated carbocycles. The van der Waals surface area contributed by atoms with Gasteiger partial charge in [0, 0.05) is 19.6 Å². The molecule has 4 nitrogen and oxygen atoms in total. The number of carbonyl (C=O) groups is 1. The maximum atomic E-state index is 11.2. The number of rotatable bonds is 6. The number of methoxy groups -OCH3 is 1. The van der Waals surface area contributed by atoms with E-state index in [2.05, 4.69) is 5.32 Å². The maximum absolute atomic E-state index is 11.2. The summed E-state index contributed by atoms with van der Waals surface area (Å²) in [5.41, 5.74) is 5.32. The molecule has 1 amide bonds. The molecule has 1 unspecified atom stereocenters. The Balaban J connectivity index is 3.43. The van der Waals surface area contributed by atoms with E-state index < -0.39 is 0 Å². The highest BCUT2D eigenvalue weighted by Crippen LogP contribution is 1.98. The van der Waals surface area contributed by atoms with Crippen LogP contribution in [-0.4, -0.2) is 32.7 Å². The SMILES string of the molecule is COCCNC(=O)C(C)CCN. The molecule has 1 atom stereocenters. The van der Waals surface area contributed by atoms with E-state index in [4.69, 9.17) is 10.5 Å². The average Bonchev–Trinajstić information content (AvgIpc) is 2.05. The van der Waals surface area contributed by atoms with Crippen molar-refractivity contribution in [2.75, 3.05) is 26.8 Å². The summed E-state index contributed by atoms with van der Waals surface area (Å²) >= 11 is 0. The quantitative estimate of drug-likeness (QED) is 0.545. The van der Waals surface area contributed by atoms with Crippen LogP contribution in [0.1, 0.15) is 13.3 Å². The molecule has 0 aliphatic rings. The molecular weight excluding hydrogens is 156 g/mol. The highest BCUT2D eigenvalue weighted by atomic mass is 16.5. The first-order valence-electron chi connectivity index (χ1n) is 4.19. The monoisotopic (exact) mass is 174 g/mol. The third-order valence-electron chi connectivity index (χ3n) is 1.65. The summed E-state index contributed by atoms with van der Waals surface area (Å²) in [4.78, 5) is 11.2. The molecule has 0 heterocycles. The van der Waals surface area contributed by atoms with Crippen LogP contribution in [0.15, 0.2) is 0 Å². The standard InChI is InChI=1S/C8H18N2O2/c1-7(3-4-9)8(11)10-5-6-12-2/h7H,3-6,9H2,1-2H3,(H,10,11). The first kappa shape index (κ1) is 11.4. The van der Waals surface area contributed by atoms with Crippen molar-refractivity contribution in [3.63, 3.8) is 0 Å². The molecule has 0 saturated heterocycles. The zero-order valence-corrected chi connectivity index (χ0v) is 7.80. The molecule has 0 radical (unpaired) electrons. The van der Waals surface area contributed by atoms with Gasteiger partial charge in [0.15, 0.2) is 0 Å². The van der Waals surface area contributed by atoms with Gasteiger partial charge >= 0.3 is 0 Å². The molecule has 4 heteroatoms. The Labute approximate surface area is 73.5 Å². The summed E-state index contributed by atoms with van der Waals surface area (Å²) in [6.07, 6.45) is 0.735. The van der Waals surface area contributed by atoms with Crippen LogP contribution in [0.3, 0.4) is 0 Å². The summed E-state index contributed by atoms with van der Waals surface area (Å²) in [5, 5.41) is 2.75. The minimum absolute atomic E-state index is 0.00635. The van der Waals surface area contributed by atoms with Crippen LogP contribution < -0.4 is 11.1 Å². The fourth-order valence-electron chi connectivity index (χ4n) is 0.832. The van der Waals surface area contributed by atoms with E-state index in [1.165, 1.54) is 0 Å². The first-order valence-corrected chi connectivity index (χ1v) is 4.19. The first-order chi connectivity index (χ1) is 5.72. The van der Waals surface area contributed by atoms with Gasteiger partial charge in [0.2, 0.25) is 5.91 Å². The van der Waals surface area contributed by atoms with Gasteiger partial charge in [-0.1, -0.05) is 6.92 Å². The Morgan fingerprint density at radius 2 is 2.33 bits per heavy atom. The molecule has 0 aliphatic carbocycles. The fourth-order valence-corrected chi connectivity index (χ4v) is 0.832. The predicted octanol–water partition coefficient (Wildman–Crippen LogP) is -0.266. The van der Waals surface area contributed by atoms with Gasteiger partial charge < -0.3 is 15.8 Å². The zero-order chi connectivity index (χ0) is 9.40. The van der Waals surface area contributed by atoms with Crippen LogP contribution in [-0.2, 0) is 9.53 Å². The fraction of sp³-hybridized carbons (Fsp3) is 0.875. The Bertz CT molecular complexity index is 128. The lowest BCUT2D eigenvalue weighted by atomic mass is 10.1. The molecular formula is C8H18N2O2. The van der Waals surface area contributed by atoms with Crippen LogP contribution in [0.4, 0.5) is 0 Å². The predicted molar refractivity (Wildman–Crippen MR) is 47.7 cm³/mol. The van der Waals surface area contributed by atoms with E-state index in [-0.39, 0.29) is 11.8 Å². The van der Waals surface area contributed by atoms with Gasteiger partial charge in [-0.05, 0) is 13.0 Å². The van der Waals surface area contributed by atoms with Gasteiger partial charge in [-0.2, -0.15) is 0 Å². The maximum Gasteiger partial charge on any atom is 0.222 e. The Kier molecular flexibility index (Phi) is 6.70. The molecule has 12 heavy (non-hydrogen) atoms. The van der Waals surface area contributed by atoms with Gasteiger partial charge in [0.1, 0.15) is 0 Å². The van der Waals surface area contributed by atoms with Crippen LogP contribution in [0.5, 0.6) is 0 Å². The third-order valence-corrected chi connectivity index (χ3v) is 1.65. The minimum atomic E-state index is 0.00635. The number of hydrogen-bond donors (Lipinski definition) is 2. The van der Waals surface area contributed by atoms with E-state index >= 15 is 0 Å². The van der Waals surface area contributed by atoms with Gasteiger partial charge in [-0.25, -0.2) is 0 Å². The lowest BCUT2D eigenvalue weighted by molar-refractivity contribution is -0.124. The summed E-state index contributed by atoms with van der Waals surface area (Å²) in [6, 6.07) is 0. The minimum Gasteiger partial charge on any atom is -0.383 e. The van der Waals surface area contributed by atoms with Gasteiger partial charge in [-0.3, -0.25) is 4.79 Å². The number of nitrogens with one attached hydrogen (secondary N) is 1. The molecule has 72 valence electrons. The summed E-state index contributed by atoms with van der Waals surface area (Å²) in [7, 11) is 1.61. The van der Waals surface area contributed by atoms with Crippen LogP contribution in [0, 0.1) is 5.92 Å².